The van der Waals surface area contributed by atoms with Crippen molar-refractivity contribution in [2.45, 2.75) is 0 Å². The van der Waals surface area contributed by atoms with Gasteiger partial charge in [0.25, 0.3) is 0 Å². The van der Waals surface area contributed by atoms with E-state index in [4.69, 9.17) is 4.74 Å². The summed E-state index contributed by atoms with van der Waals surface area (Å²) < 4.78 is 5.31. The summed E-state index contributed by atoms with van der Waals surface area (Å²) in [5, 5.41) is 5.44. The van der Waals surface area contributed by atoms with Gasteiger partial charge in [0.2, 0.25) is 0 Å². The van der Waals surface area contributed by atoms with Crippen molar-refractivity contribution in [2.75, 3.05) is 41.8 Å². The van der Waals surface area contributed by atoms with Crippen LogP contribution in [0.2, 0.25) is 0 Å². The molecule has 0 saturated carbocycles. The second-order valence-corrected chi connectivity index (χ2v) is 4.83. The van der Waals surface area contributed by atoms with Crippen LogP contribution < -0.4 is 15.5 Å². The fourth-order valence-electron chi connectivity index (χ4n) is 2.17. The fraction of sp³-hybridized carbons (Fsp3) is 0.267. The number of rotatable bonds is 3. The molecule has 114 valence electrons. The van der Waals surface area contributed by atoms with Gasteiger partial charge in [-0.25, -0.2) is 9.78 Å². The summed E-state index contributed by atoms with van der Waals surface area (Å²) in [6, 6.07) is 6.93. The van der Waals surface area contributed by atoms with Crippen molar-refractivity contribution in [3.8, 4) is 0 Å². The first-order valence-electron chi connectivity index (χ1n) is 7.08. The third-order valence-corrected chi connectivity index (χ3v) is 3.26. The normalized spacial score (nSPS) is 14.5. The summed E-state index contributed by atoms with van der Waals surface area (Å²) >= 11 is 0. The Morgan fingerprint density at radius 3 is 2.50 bits per heavy atom. The molecule has 0 aliphatic carbocycles. The van der Waals surface area contributed by atoms with E-state index in [0.717, 1.165) is 32.1 Å². The van der Waals surface area contributed by atoms with Gasteiger partial charge >= 0.3 is 6.03 Å². The molecule has 7 nitrogen and oxygen atoms in total. The maximum atomic E-state index is 11.9. The minimum atomic E-state index is -0.325. The van der Waals surface area contributed by atoms with Gasteiger partial charge in [-0.05, 0) is 24.3 Å². The number of carbonyl (C=O) groups is 1. The Labute approximate surface area is 128 Å². The van der Waals surface area contributed by atoms with Gasteiger partial charge in [0.1, 0.15) is 5.82 Å². The quantitative estimate of drug-likeness (QED) is 0.905. The van der Waals surface area contributed by atoms with Crippen LogP contribution in [0.3, 0.4) is 0 Å². The van der Waals surface area contributed by atoms with E-state index in [1.165, 1.54) is 0 Å². The van der Waals surface area contributed by atoms with Crippen molar-refractivity contribution < 1.29 is 9.53 Å². The lowest BCUT2D eigenvalue weighted by atomic mass is 10.3. The highest BCUT2D eigenvalue weighted by atomic mass is 16.5. The number of nitrogens with zero attached hydrogens (tertiary/aromatic N) is 3. The van der Waals surface area contributed by atoms with Crippen LogP contribution in [0.15, 0.2) is 42.9 Å². The molecule has 2 aromatic heterocycles. The molecule has 1 saturated heterocycles. The maximum Gasteiger partial charge on any atom is 0.323 e. The number of hydrogen-bond acceptors (Lipinski definition) is 5. The van der Waals surface area contributed by atoms with Crippen LogP contribution in [0.25, 0.3) is 0 Å². The highest BCUT2D eigenvalue weighted by molar-refractivity contribution is 5.99. The Kier molecular flexibility index (Phi) is 4.45. The summed E-state index contributed by atoms with van der Waals surface area (Å²) in [6.07, 6.45) is 4.88. The van der Waals surface area contributed by atoms with E-state index in [2.05, 4.69) is 25.5 Å². The predicted octanol–water partition coefficient (Wildman–Crippen LogP) is 1.96. The largest absolute Gasteiger partial charge is 0.378 e. The predicted molar refractivity (Wildman–Crippen MR) is 84.1 cm³/mol. The molecule has 22 heavy (non-hydrogen) atoms. The lowest BCUT2D eigenvalue weighted by molar-refractivity contribution is 0.122. The van der Waals surface area contributed by atoms with Gasteiger partial charge in [0, 0.05) is 19.3 Å². The molecule has 0 radical (unpaired) electrons. The summed E-state index contributed by atoms with van der Waals surface area (Å²) in [5.41, 5.74) is 1.27. The van der Waals surface area contributed by atoms with E-state index >= 15 is 0 Å². The minimum Gasteiger partial charge on any atom is -0.378 e. The standard InChI is InChI=1S/C15H17N5O2/c21-15(18-12-2-1-5-16-10-12)19-13-3-4-14(17-11-13)20-6-8-22-9-7-20/h1-5,10-11H,6-9H2,(H2,18,19,21). The summed E-state index contributed by atoms with van der Waals surface area (Å²) in [7, 11) is 0. The van der Waals surface area contributed by atoms with Gasteiger partial charge in [0.05, 0.1) is 37.0 Å². The third kappa shape index (κ3) is 3.70. The summed E-state index contributed by atoms with van der Waals surface area (Å²) in [6.45, 7) is 3.10. The van der Waals surface area contributed by atoms with Crippen molar-refractivity contribution in [1.29, 1.82) is 0 Å². The van der Waals surface area contributed by atoms with Crippen molar-refractivity contribution in [1.82, 2.24) is 9.97 Å². The SMILES string of the molecule is O=C(Nc1cccnc1)Nc1ccc(N2CCOCC2)nc1. The molecule has 2 aromatic rings. The molecule has 2 N–H and O–H groups in total. The molecule has 0 bridgehead atoms. The number of urea groups is 1. The highest BCUT2D eigenvalue weighted by Crippen LogP contribution is 2.15. The molecule has 3 rings (SSSR count). The Morgan fingerprint density at radius 2 is 1.86 bits per heavy atom. The number of nitrogens with one attached hydrogen (secondary N) is 2. The number of anilines is 3. The Balaban J connectivity index is 1.57. The van der Waals surface area contributed by atoms with Crippen molar-refractivity contribution >= 4 is 23.2 Å². The molecule has 1 fully saturated rings. The first kappa shape index (κ1) is 14.3. The lowest BCUT2D eigenvalue weighted by Crippen LogP contribution is -2.36. The second kappa shape index (κ2) is 6.86. The van der Waals surface area contributed by atoms with Crippen molar-refractivity contribution in [3.63, 3.8) is 0 Å². The molecule has 2 amide bonds. The zero-order chi connectivity index (χ0) is 15.2. The molecule has 0 aromatic carbocycles. The van der Waals surface area contributed by atoms with Crippen LogP contribution in [0.5, 0.6) is 0 Å². The number of morpholine rings is 1. The number of amides is 2. The first-order chi connectivity index (χ1) is 10.8. The molecule has 1 aliphatic rings. The van der Waals surface area contributed by atoms with E-state index in [-0.39, 0.29) is 6.03 Å². The number of hydrogen-bond donors (Lipinski definition) is 2. The zero-order valence-electron chi connectivity index (χ0n) is 12.0. The highest BCUT2D eigenvalue weighted by Gasteiger charge is 2.12. The van der Waals surface area contributed by atoms with Gasteiger partial charge in [-0.3, -0.25) is 4.98 Å². The summed E-state index contributed by atoms with van der Waals surface area (Å²) in [5.74, 6) is 0.890. The number of ether oxygens (including phenoxy) is 1. The third-order valence-electron chi connectivity index (χ3n) is 3.26. The van der Waals surface area contributed by atoms with Crippen LogP contribution >= 0.6 is 0 Å². The van der Waals surface area contributed by atoms with Gasteiger partial charge in [-0.15, -0.1) is 0 Å². The molecule has 0 unspecified atom stereocenters. The molecule has 7 heteroatoms. The molecule has 3 heterocycles. The molecular formula is C15H17N5O2. The van der Waals surface area contributed by atoms with Crippen LogP contribution in [-0.2, 0) is 4.74 Å². The van der Waals surface area contributed by atoms with E-state index in [0.29, 0.717) is 11.4 Å². The van der Waals surface area contributed by atoms with E-state index < -0.39 is 0 Å². The maximum absolute atomic E-state index is 11.9. The Morgan fingerprint density at radius 1 is 1.09 bits per heavy atom. The first-order valence-corrected chi connectivity index (χ1v) is 7.08. The average Bonchev–Trinajstić information content (AvgIpc) is 2.57. The molecule has 1 aliphatic heterocycles. The smallest absolute Gasteiger partial charge is 0.323 e. The van der Waals surface area contributed by atoms with Gasteiger partial charge in [-0.2, -0.15) is 0 Å². The van der Waals surface area contributed by atoms with Crippen molar-refractivity contribution in [2.24, 2.45) is 0 Å². The van der Waals surface area contributed by atoms with Crippen LogP contribution in [0, 0.1) is 0 Å². The van der Waals surface area contributed by atoms with Crippen LogP contribution in [0.4, 0.5) is 22.0 Å². The zero-order valence-corrected chi connectivity index (χ0v) is 12.0. The van der Waals surface area contributed by atoms with E-state index in [1.807, 2.05) is 12.1 Å². The van der Waals surface area contributed by atoms with Crippen LogP contribution in [0.1, 0.15) is 0 Å². The second-order valence-electron chi connectivity index (χ2n) is 4.83. The molecular weight excluding hydrogens is 282 g/mol. The Hall–Kier alpha value is -2.67. The van der Waals surface area contributed by atoms with Crippen molar-refractivity contribution in [3.05, 3.63) is 42.9 Å². The fourth-order valence-corrected chi connectivity index (χ4v) is 2.17. The lowest BCUT2D eigenvalue weighted by Gasteiger charge is -2.27. The number of pyridine rings is 2. The summed E-state index contributed by atoms with van der Waals surface area (Å²) in [4.78, 5) is 22.3. The molecule has 0 spiro atoms. The average molecular weight is 299 g/mol. The number of aromatic nitrogens is 2. The van der Waals surface area contributed by atoms with Gasteiger partial charge < -0.3 is 20.3 Å². The number of carbonyl (C=O) groups excluding carboxylic acids is 1. The topological polar surface area (TPSA) is 79.4 Å². The van der Waals surface area contributed by atoms with E-state index in [1.54, 1.807) is 30.7 Å². The van der Waals surface area contributed by atoms with Crippen LogP contribution in [-0.4, -0.2) is 42.3 Å². The van der Waals surface area contributed by atoms with E-state index in [9.17, 15) is 4.79 Å². The molecule has 0 atom stereocenters. The monoisotopic (exact) mass is 299 g/mol. The van der Waals surface area contributed by atoms with Gasteiger partial charge in [0.15, 0.2) is 0 Å². The Bertz CT molecular complexity index is 612. The van der Waals surface area contributed by atoms with Gasteiger partial charge in [-0.1, -0.05) is 0 Å². The minimum absolute atomic E-state index is 0.325.